The lowest BCUT2D eigenvalue weighted by Crippen LogP contribution is -2.38. The van der Waals surface area contributed by atoms with Crippen molar-refractivity contribution in [3.05, 3.63) is 0 Å². The van der Waals surface area contributed by atoms with Gasteiger partial charge in [-0.2, -0.15) is 0 Å². The van der Waals surface area contributed by atoms with E-state index in [-0.39, 0.29) is 17.5 Å². The Morgan fingerprint density at radius 2 is 1.59 bits per heavy atom. The topological polar surface area (TPSA) is 82.3 Å². The fourth-order valence-electron chi connectivity index (χ4n) is 1.13. The van der Waals surface area contributed by atoms with Crippen LogP contribution in [0.2, 0.25) is 0 Å². The first-order valence-electron chi connectivity index (χ1n) is 5.97. The summed E-state index contributed by atoms with van der Waals surface area (Å²) in [5, 5.41) is 11.3. The molecule has 0 aliphatic rings. The molecule has 0 aromatic rings. The third kappa shape index (κ3) is 11.1. The minimum atomic E-state index is -0.0275. The van der Waals surface area contributed by atoms with E-state index in [1.807, 2.05) is 13.8 Å². The zero-order valence-electron chi connectivity index (χ0n) is 10.9. The van der Waals surface area contributed by atoms with Gasteiger partial charge in [-0.1, -0.05) is 13.8 Å². The molecule has 0 atom stereocenters. The van der Waals surface area contributed by atoms with Crippen LogP contribution in [0.25, 0.3) is 0 Å². The van der Waals surface area contributed by atoms with Gasteiger partial charge in [0.05, 0.1) is 13.1 Å². The molecule has 0 unspecified atom stereocenters. The highest BCUT2D eigenvalue weighted by atomic mass is 16.2. The highest BCUT2D eigenvalue weighted by molar-refractivity contribution is 5.78. The van der Waals surface area contributed by atoms with Crippen LogP contribution < -0.4 is 21.3 Å². The number of rotatable bonds is 9. The van der Waals surface area contributed by atoms with Gasteiger partial charge in [0.1, 0.15) is 0 Å². The van der Waals surface area contributed by atoms with Gasteiger partial charge in [0, 0.05) is 24.8 Å². The Bertz CT molecular complexity index is 246. The number of hydrogen-bond donors (Lipinski definition) is 4. The lowest BCUT2D eigenvalue weighted by Gasteiger charge is -2.09. The molecule has 0 heterocycles. The molecule has 4 N–H and O–H groups in total. The molecule has 0 aliphatic heterocycles. The first-order valence-corrected chi connectivity index (χ1v) is 5.97. The number of carbonyl (C=O) groups excluding carboxylic acids is 2. The first-order chi connectivity index (χ1) is 8.06. The number of likely N-dealkylation sites (N-methyl/N-ethyl adjacent to an activating group) is 1. The molecule has 0 spiro atoms. The predicted octanol–water partition coefficient (Wildman–Crippen LogP) is -0.190. The molecule has 108 valence electrons. The van der Waals surface area contributed by atoms with Crippen LogP contribution in [0.1, 0.15) is 26.0 Å². The van der Waals surface area contributed by atoms with Crippen molar-refractivity contribution in [2.75, 3.05) is 33.2 Å². The quantitative estimate of drug-likeness (QED) is 0.429. The summed E-state index contributed by atoms with van der Waals surface area (Å²) in [5.74, 6) is -0.0412. The van der Waals surface area contributed by atoms with E-state index in [0.29, 0.717) is 32.2 Å². The maximum atomic E-state index is 11.3. The Hall–Kier alpha value is -1.14. The van der Waals surface area contributed by atoms with Crippen LogP contribution in [-0.2, 0) is 9.59 Å². The lowest BCUT2D eigenvalue weighted by atomic mass is 10.3. The van der Waals surface area contributed by atoms with Crippen molar-refractivity contribution in [3.8, 4) is 0 Å². The second kappa shape index (κ2) is 10.0. The van der Waals surface area contributed by atoms with Crippen LogP contribution in [0.15, 0.2) is 0 Å². The highest BCUT2D eigenvalue weighted by Crippen LogP contribution is 1.77. The van der Waals surface area contributed by atoms with Crippen LogP contribution in [0.3, 0.4) is 0 Å². The molecule has 6 heteroatoms. The molecule has 2 amide bonds. The van der Waals surface area contributed by atoms with Crippen LogP contribution in [0, 0.1) is 0 Å². The van der Waals surface area contributed by atoms with Gasteiger partial charge in [0.25, 0.3) is 0 Å². The maximum Gasteiger partial charge on any atom is 0.233 e. The van der Waals surface area contributed by atoms with E-state index in [0.717, 1.165) is 6.42 Å². The zero-order valence-corrected chi connectivity index (χ0v) is 10.9. The fraction of sp³-hybridized carbons (Fsp3) is 0.818. The molecule has 0 bridgehead atoms. The van der Waals surface area contributed by atoms with Crippen molar-refractivity contribution in [2.24, 2.45) is 0 Å². The van der Waals surface area contributed by atoms with Gasteiger partial charge < -0.3 is 21.3 Å². The molecule has 0 aliphatic carbocycles. The van der Waals surface area contributed by atoms with Crippen molar-refractivity contribution in [1.29, 1.82) is 0 Å². The van der Waals surface area contributed by atoms with Crippen molar-refractivity contribution in [3.63, 3.8) is 0 Å². The van der Waals surface area contributed by atoms with Crippen LogP contribution in [0.4, 0.5) is 0 Å². The minimum Gasteiger partial charge on any atom is -0.355 e. The molecule has 6 nitrogen and oxygen atoms in total. The summed E-state index contributed by atoms with van der Waals surface area (Å²) in [6, 6.07) is 0.307. The summed E-state index contributed by atoms with van der Waals surface area (Å²) in [4.78, 5) is 22.3. The molecule has 0 radical (unpaired) electrons. The predicted molar refractivity (Wildman–Crippen MR) is 76.2 cm³/mol. The van der Waals surface area contributed by atoms with Gasteiger partial charge in [-0.3, -0.25) is 9.59 Å². The molecular formula is C11H32N4O2. The largest absolute Gasteiger partial charge is 0.355 e. The number of carbonyl (C=O) groups is 2. The van der Waals surface area contributed by atoms with E-state index in [1.165, 1.54) is 0 Å². The van der Waals surface area contributed by atoms with Gasteiger partial charge in [-0.25, -0.2) is 0 Å². The summed E-state index contributed by atoms with van der Waals surface area (Å²) in [5.41, 5.74) is 0. The molecular weight excluding hydrogens is 220 g/mol. The fourth-order valence-corrected chi connectivity index (χ4v) is 1.13. The van der Waals surface area contributed by atoms with Gasteiger partial charge in [0.15, 0.2) is 0 Å². The minimum absolute atomic E-state index is 0. The summed E-state index contributed by atoms with van der Waals surface area (Å²) in [6.45, 7) is 5.81. The molecule has 0 saturated heterocycles. The Kier molecular flexibility index (Phi) is 9.37. The Morgan fingerprint density at radius 1 is 1.06 bits per heavy atom. The Morgan fingerprint density at radius 3 is 2.06 bits per heavy atom. The van der Waals surface area contributed by atoms with Gasteiger partial charge >= 0.3 is 0 Å². The molecule has 0 fully saturated rings. The SMILES string of the molecule is CNCC(=O)NCCCNC(=O)CNC(C)C.[HH].[HH].[HH].[HH]. The lowest BCUT2D eigenvalue weighted by molar-refractivity contribution is -0.120. The number of hydrogen-bond acceptors (Lipinski definition) is 4. The van der Waals surface area contributed by atoms with E-state index < -0.39 is 0 Å². The Balaban J connectivity index is -0.000000213. The maximum absolute atomic E-state index is 11.3. The molecule has 0 aromatic heterocycles. The summed E-state index contributed by atoms with van der Waals surface area (Å²) >= 11 is 0. The standard InChI is InChI=1S/C11H24N4O2.4H2/c1-9(2)15-8-11(17)14-6-4-5-13-10(16)7-12-3;;;;/h9,12,15H,4-8H2,1-3H3,(H,13,16)(H,14,17);4*1H. The van der Waals surface area contributed by atoms with E-state index in [4.69, 9.17) is 0 Å². The highest BCUT2D eigenvalue weighted by Gasteiger charge is 2.01. The Labute approximate surface area is 109 Å². The molecule has 17 heavy (non-hydrogen) atoms. The second-order valence-corrected chi connectivity index (χ2v) is 4.12. The zero-order chi connectivity index (χ0) is 13.1. The van der Waals surface area contributed by atoms with Crippen LogP contribution in [-0.4, -0.2) is 51.1 Å². The second-order valence-electron chi connectivity index (χ2n) is 4.12. The third-order valence-corrected chi connectivity index (χ3v) is 2.01. The smallest absolute Gasteiger partial charge is 0.233 e. The van der Waals surface area contributed by atoms with E-state index >= 15 is 0 Å². The van der Waals surface area contributed by atoms with Crippen molar-refractivity contribution in [2.45, 2.75) is 26.3 Å². The van der Waals surface area contributed by atoms with Gasteiger partial charge in [-0.05, 0) is 13.5 Å². The molecule has 0 rings (SSSR count). The third-order valence-electron chi connectivity index (χ3n) is 2.01. The van der Waals surface area contributed by atoms with Crippen LogP contribution in [0.5, 0.6) is 0 Å². The average Bonchev–Trinajstić information content (AvgIpc) is 2.26. The first kappa shape index (κ1) is 15.9. The van der Waals surface area contributed by atoms with E-state index in [9.17, 15) is 9.59 Å². The summed E-state index contributed by atoms with van der Waals surface area (Å²) in [7, 11) is 1.72. The summed E-state index contributed by atoms with van der Waals surface area (Å²) < 4.78 is 0. The van der Waals surface area contributed by atoms with Crippen molar-refractivity contribution in [1.82, 2.24) is 21.3 Å². The normalized spacial score (nSPS) is 10.4. The number of nitrogens with one attached hydrogen (secondary N) is 4. The van der Waals surface area contributed by atoms with Crippen molar-refractivity contribution < 1.29 is 15.3 Å². The number of amides is 2. The average molecular weight is 252 g/mol. The molecule has 0 aromatic carbocycles. The van der Waals surface area contributed by atoms with E-state index in [2.05, 4.69) is 21.3 Å². The molecule has 0 saturated carbocycles. The van der Waals surface area contributed by atoms with E-state index in [1.54, 1.807) is 7.05 Å². The van der Waals surface area contributed by atoms with Crippen LogP contribution >= 0.6 is 0 Å². The summed E-state index contributed by atoms with van der Waals surface area (Å²) in [6.07, 6.45) is 0.739. The van der Waals surface area contributed by atoms with Crippen molar-refractivity contribution >= 4 is 11.8 Å². The monoisotopic (exact) mass is 252 g/mol. The van der Waals surface area contributed by atoms with Gasteiger partial charge in [0.2, 0.25) is 11.8 Å². The van der Waals surface area contributed by atoms with Gasteiger partial charge in [-0.15, -0.1) is 0 Å².